The number of aryl methyl sites for hydroxylation is 1. The predicted octanol–water partition coefficient (Wildman–Crippen LogP) is 3.45. The fourth-order valence-corrected chi connectivity index (χ4v) is 4.25. The van der Waals surface area contributed by atoms with Crippen molar-refractivity contribution in [1.29, 1.82) is 0 Å². The fourth-order valence-electron chi connectivity index (χ4n) is 4.25. The summed E-state index contributed by atoms with van der Waals surface area (Å²) in [6, 6.07) is 13.6. The first-order chi connectivity index (χ1) is 16.0. The van der Waals surface area contributed by atoms with E-state index in [0.717, 1.165) is 0 Å². The summed E-state index contributed by atoms with van der Waals surface area (Å²) in [7, 11) is 0. The molecule has 1 fully saturated rings. The number of carbonyl (C=O) groups is 1. The second-order valence-corrected chi connectivity index (χ2v) is 8.11. The van der Waals surface area contributed by atoms with E-state index in [1.165, 1.54) is 6.07 Å². The van der Waals surface area contributed by atoms with Gasteiger partial charge < -0.3 is 18.8 Å². The molecule has 7 nitrogen and oxygen atoms in total. The number of rotatable bonds is 4. The van der Waals surface area contributed by atoms with Crippen molar-refractivity contribution in [2.45, 2.75) is 13.5 Å². The number of carbonyl (C=O) groups excluding carboxylic acids is 1. The Hall–Kier alpha value is -3.94. The number of nitrogens with zero attached hydrogens (tertiary/aromatic N) is 4. The minimum absolute atomic E-state index is 0.170. The van der Waals surface area contributed by atoms with Gasteiger partial charge in [0.1, 0.15) is 11.6 Å². The molecule has 0 atom stereocenters. The van der Waals surface area contributed by atoms with Gasteiger partial charge in [0.05, 0.1) is 40.7 Å². The summed E-state index contributed by atoms with van der Waals surface area (Å²) >= 11 is 0. The first kappa shape index (κ1) is 20.9. The molecule has 168 valence electrons. The lowest BCUT2D eigenvalue weighted by Gasteiger charge is -2.36. The van der Waals surface area contributed by atoms with Gasteiger partial charge in [-0.3, -0.25) is 14.6 Å². The molecule has 4 heterocycles. The van der Waals surface area contributed by atoms with Gasteiger partial charge >= 0.3 is 0 Å². The van der Waals surface area contributed by atoms with Crippen LogP contribution in [-0.2, 0) is 6.54 Å². The van der Waals surface area contributed by atoms with Gasteiger partial charge in [0.15, 0.2) is 0 Å². The van der Waals surface area contributed by atoms with E-state index in [-0.39, 0.29) is 17.3 Å². The molecule has 0 bridgehead atoms. The van der Waals surface area contributed by atoms with Crippen LogP contribution in [0.25, 0.3) is 10.9 Å². The Morgan fingerprint density at radius 1 is 1.09 bits per heavy atom. The standard InChI is InChI=1S/C25H23FN4O3/c1-17-19(24(31)29-12-10-28(11-13-29)23-7-3-2-6-21(23)26)15-20-22(27-17)8-9-30(25(20)32)16-18-5-4-14-33-18/h2-9,14-15H,10-13,16H2,1H3. The van der Waals surface area contributed by atoms with Gasteiger partial charge in [-0.1, -0.05) is 12.1 Å². The van der Waals surface area contributed by atoms with Crippen LogP contribution < -0.4 is 10.5 Å². The molecule has 0 aliphatic carbocycles. The van der Waals surface area contributed by atoms with E-state index in [2.05, 4.69) is 4.98 Å². The highest BCUT2D eigenvalue weighted by molar-refractivity contribution is 5.98. The molecular formula is C25H23FN4O3. The molecule has 0 unspecified atom stereocenters. The topological polar surface area (TPSA) is 71.6 Å². The minimum Gasteiger partial charge on any atom is -0.467 e. The quantitative estimate of drug-likeness (QED) is 0.480. The summed E-state index contributed by atoms with van der Waals surface area (Å²) in [5, 5.41) is 0.392. The van der Waals surface area contributed by atoms with Crippen LogP contribution in [-0.4, -0.2) is 46.5 Å². The fraction of sp³-hybridized carbons (Fsp3) is 0.240. The van der Waals surface area contributed by atoms with Crippen LogP contribution in [0.3, 0.4) is 0 Å². The van der Waals surface area contributed by atoms with Crippen LogP contribution in [0.4, 0.5) is 10.1 Å². The van der Waals surface area contributed by atoms with E-state index >= 15 is 0 Å². The van der Waals surface area contributed by atoms with Gasteiger partial charge in [-0.05, 0) is 43.3 Å². The summed E-state index contributed by atoms with van der Waals surface area (Å²) in [6.45, 7) is 4.06. The van der Waals surface area contributed by atoms with Crippen LogP contribution in [0, 0.1) is 12.7 Å². The summed E-state index contributed by atoms with van der Waals surface area (Å²) in [5.41, 5.74) is 1.86. The Balaban J connectivity index is 1.39. The van der Waals surface area contributed by atoms with Crippen molar-refractivity contribution in [3.05, 3.63) is 94.2 Å². The third-order valence-electron chi connectivity index (χ3n) is 6.04. The van der Waals surface area contributed by atoms with Gasteiger partial charge in [0.2, 0.25) is 0 Å². The van der Waals surface area contributed by atoms with E-state index in [1.807, 2.05) is 4.90 Å². The average molecular weight is 446 g/mol. The normalized spacial score (nSPS) is 14.1. The van der Waals surface area contributed by atoms with Crippen LogP contribution in [0.5, 0.6) is 0 Å². The zero-order valence-electron chi connectivity index (χ0n) is 18.2. The number of furan rings is 1. The summed E-state index contributed by atoms with van der Waals surface area (Å²) < 4.78 is 21.0. The Morgan fingerprint density at radius 3 is 2.61 bits per heavy atom. The lowest BCUT2D eigenvalue weighted by atomic mass is 10.1. The second-order valence-electron chi connectivity index (χ2n) is 8.11. The number of para-hydroxylation sites is 1. The molecule has 8 heteroatoms. The number of hydrogen-bond acceptors (Lipinski definition) is 5. The molecule has 33 heavy (non-hydrogen) atoms. The maximum Gasteiger partial charge on any atom is 0.260 e. The highest BCUT2D eigenvalue weighted by atomic mass is 19.1. The van der Waals surface area contributed by atoms with E-state index in [9.17, 15) is 14.0 Å². The second kappa shape index (κ2) is 8.54. The average Bonchev–Trinajstić information content (AvgIpc) is 3.34. The highest BCUT2D eigenvalue weighted by Gasteiger charge is 2.25. The minimum atomic E-state index is -0.266. The van der Waals surface area contributed by atoms with E-state index < -0.39 is 0 Å². The zero-order valence-corrected chi connectivity index (χ0v) is 18.2. The van der Waals surface area contributed by atoms with Crippen molar-refractivity contribution >= 4 is 22.5 Å². The number of hydrogen-bond donors (Lipinski definition) is 0. The summed E-state index contributed by atoms with van der Waals surface area (Å²) in [5.74, 6) is 0.231. The Bertz CT molecular complexity index is 1370. The number of benzene rings is 1. The van der Waals surface area contributed by atoms with Crippen LogP contribution in [0.15, 0.2) is 70.2 Å². The largest absolute Gasteiger partial charge is 0.467 e. The first-order valence-electron chi connectivity index (χ1n) is 10.8. The molecule has 4 aromatic rings. The van der Waals surface area contributed by atoms with Crippen LogP contribution >= 0.6 is 0 Å². The van der Waals surface area contributed by atoms with Gasteiger partial charge in [-0.25, -0.2) is 4.39 Å². The molecule has 1 aromatic carbocycles. The number of halogens is 1. The Morgan fingerprint density at radius 2 is 1.88 bits per heavy atom. The monoisotopic (exact) mass is 446 g/mol. The maximum atomic E-state index is 14.1. The third kappa shape index (κ3) is 4.00. The van der Waals surface area contributed by atoms with E-state index in [4.69, 9.17) is 4.42 Å². The molecule has 1 saturated heterocycles. The summed E-state index contributed by atoms with van der Waals surface area (Å²) in [6.07, 6.45) is 3.25. The Labute approximate surface area is 189 Å². The molecular weight excluding hydrogens is 423 g/mol. The van der Waals surface area contributed by atoms with Crippen molar-refractivity contribution in [1.82, 2.24) is 14.5 Å². The molecule has 0 spiro atoms. The third-order valence-corrected chi connectivity index (χ3v) is 6.04. The van der Waals surface area contributed by atoms with Crippen molar-refractivity contribution in [3.63, 3.8) is 0 Å². The van der Waals surface area contributed by atoms with Crippen molar-refractivity contribution in [2.75, 3.05) is 31.1 Å². The molecule has 5 rings (SSSR count). The highest BCUT2D eigenvalue weighted by Crippen LogP contribution is 2.22. The predicted molar refractivity (Wildman–Crippen MR) is 123 cm³/mol. The molecule has 0 radical (unpaired) electrons. The molecule has 1 aliphatic heterocycles. The van der Waals surface area contributed by atoms with Gasteiger partial charge in [0.25, 0.3) is 11.5 Å². The van der Waals surface area contributed by atoms with Crippen molar-refractivity contribution < 1.29 is 13.6 Å². The lowest BCUT2D eigenvalue weighted by molar-refractivity contribution is 0.0745. The number of anilines is 1. The molecule has 0 saturated carbocycles. The van der Waals surface area contributed by atoms with Crippen LogP contribution in [0.1, 0.15) is 21.8 Å². The zero-order chi connectivity index (χ0) is 22.9. The number of pyridine rings is 2. The number of piperazine rings is 1. The number of amides is 1. The number of aromatic nitrogens is 2. The molecule has 1 amide bonds. The van der Waals surface area contributed by atoms with E-state index in [1.54, 1.807) is 71.3 Å². The van der Waals surface area contributed by atoms with E-state index in [0.29, 0.717) is 66.3 Å². The van der Waals surface area contributed by atoms with Crippen molar-refractivity contribution in [2.24, 2.45) is 0 Å². The van der Waals surface area contributed by atoms with Gasteiger partial charge in [-0.15, -0.1) is 0 Å². The maximum absolute atomic E-state index is 14.1. The van der Waals surface area contributed by atoms with Gasteiger partial charge in [0, 0.05) is 32.4 Å². The Kier molecular flexibility index (Phi) is 5.42. The first-order valence-corrected chi connectivity index (χ1v) is 10.8. The molecule has 0 N–H and O–H groups in total. The molecule has 3 aromatic heterocycles. The lowest BCUT2D eigenvalue weighted by Crippen LogP contribution is -2.49. The summed E-state index contributed by atoms with van der Waals surface area (Å²) in [4.78, 5) is 34.6. The SMILES string of the molecule is Cc1nc2ccn(Cc3ccco3)c(=O)c2cc1C(=O)N1CCN(c2ccccc2F)CC1. The van der Waals surface area contributed by atoms with Crippen molar-refractivity contribution in [3.8, 4) is 0 Å². The van der Waals surface area contributed by atoms with Gasteiger partial charge in [-0.2, -0.15) is 0 Å². The molecule has 1 aliphatic rings. The smallest absolute Gasteiger partial charge is 0.260 e. The van der Waals surface area contributed by atoms with Crippen LogP contribution in [0.2, 0.25) is 0 Å². The number of fused-ring (bicyclic) bond motifs is 1.